The summed E-state index contributed by atoms with van der Waals surface area (Å²) in [6.07, 6.45) is 0.183. The van der Waals surface area contributed by atoms with Gasteiger partial charge in [0, 0.05) is 34.8 Å². The van der Waals surface area contributed by atoms with E-state index in [1.807, 2.05) is 92.7 Å². The molecule has 6 nitrogen and oxygen atoms in total. The predicted octanol–water partition coefficient (Wildman–Crippen LogP) is 4.95. The molecule has 3 aromatic rings. The first kappa shape index (κ1) is 23.1. The molecule has 180 valence electrons. The maximum Gasteiger partial charge on any atom is 0.254 e. The fraction of sp³-hybridized carbons (Fsp3) is 0.310. The Hall–Kier alpha value is -3.64. The van der Waals surface area contributed by atoms with E-state index in [1.54, 1.807) is 0 Å². The number of benzene rings is 3. The van der Waals surface area contributed by atoms with Gasteiger partial charge in [0.2, 0.25) is 0 Å². The van der Waals surface area contributed by atoms with Crippen molar-refractivity contribution in [2.45, 2.75) is 44.1 Å². The van der Waals surface area contributed by atoms with Crippen molar-refractivity contribution in [2.24, 2.45) is 0 Å². The number of carbonyl (C=O) groups is 2. The van der Waals surface area contributed by atoms with Crippen LogP contribution in [0.4, 0.5) is 0 Å². The monoisotopic (exact) mass is 471 g/mol. The summed E-state index contributed by atoms with van der Waals surface area (Å²) in [6, 6.07) is 24.9. The number of hydrogen-bond acceptors (Lipinski definition) is 5. The molecule has 2 heterocycles. The van der Waals surface area contributed by atoms with Crippen LogP contribution in [-0.4, -0.2) is 30.1 Å². The fourth-order valence-electron chi connectivity index (χ4n) is 4.91. The topological polar surface area (TPSA) is 65.1 Å². The first-order valence-corrected chi connectivity index (χ1v) is 11.9. The highest BCUT2D eigenvalue weighted by molar-refractivity contribution is 5.95. The predicted molar refractivity (Wildman–Crippen MR) is 131 cm³/mol. The number of rotatable bonds is 7. The maximum absolute atomic E-state index is 13.6. The molecule has 2 unspecified atom stereocenters. The number of fused-ring (bicyclic) bond motifs is 2. The van der Waals surface area contributed by atoms with Crippen molar-refractivity contribution < 1.29 is 23.9 Å². The zero-order valence-corrected chi connectivity index (χ0v) is 20.0. The highest BCUT2D eigenvalue weighted by Gasteiger charge is 2.43. The fourth-order valence-corrected chi connectivity index (χ4v) is 4.91. The molecule has 0 aromatic heterocycles. The minimum absolute atomic E-state index is 0.0916. The van der Waals surface area contributed by atoms with E-state index in [9.17, 15) is 9.59 Å². The molecule has 0 saturated heterocycles. The number of carbonyl (C=O) groups excluding carboxylic acids is 2. The van der Waals surface area contributed by atoms with E-state index in [1.165, 1.54) is 0 Å². The molecule has 2 amide bonds. The maximum atomic E-state index is 13.6. The molecule has 2 aliphatic heterocycles. The van der Waals surface area contributed by atoms with E-state index >= 15 is 0 Å². The molecular weight excluding hydrogens is 442 g/mol. The van der Waals surface area contributed by atoms with Gasteiger partial charge in [-0.2, -0.15) is 5.06 Å². The van der Waals surface area contributed by atoms with Gasteiger partial charge in [-0.1, -0.05) is 80.6 Å². The first-order chi connectivity index (χ1) is 16.9. The molecule has 5 rings (SSSR count). The van der Waals surface area contributed by atoms with Crippen molar-refractivity contribution in [3.8, 4) is 11.5 Å². The van der Waals surface area contributed by atoms with Crippen molar-refractivity contribution in [2.75, 3.05) is 13.2 Å². The summed E-state index contributed by atoms with van der Waals surface area (Å²) in [5.74, 6) is 0.783. The Bertz CT molecular complexity index is 1170. The number of imide groups is 1. The lowest BCUT2D eigenvalue weighted by molar-refractivity contribution is -0.200. The normalized spacial score (nSPS) is 22.0. The summed E-state index contributed by atoms with van der Waals surface area (Å²) >= 11 is 0. The molecule has 0 fully saturated rings. The van der Waals surface area contributed by atoms with Crippen LogP contribution >= 0.6 is 0 Å². The van der Waals surface area contributed by atoms with Crippen LogP contribution in [0.25, 0.3) is 0 Å². The second-order valence-corrected chi connectivity index (χ2v) is 9.89. The van der Waals surface area contributed by atoms with Gasteiger partial charge in [0.05, 0.1) is 13.2 Å². The summed E-state index contributed by atoms with van der Waals surface area (Å²) in [6.45, 7) is 4.83. The molecule has 2 aliphatic rings. The van der Waals surface area contributed by atoms with Crippen molar-refractivity contribution in [1.29, 1.82) is 0 Å². The highest BCUT2D eigenvalue weighted by atomic mass is 16.7. The number of nitrogens with zero attached hydrogens (tertiary/aromatic N) is 1. The summed E-state index contributed by atoms with van der Waals surface area (Å²) < 4.78 is 11.7. The van der Waals surface area contributed by atoms with Crippen LogP contribution in [0, 0.1) is 0 Å². The van der Waals surface area contributed by atoms with Gasteiger partial charge in [-0.15, -0.1) is 0 Å². The number of amides is 2. The van der Waals surface area contributed by atoms with Crippen LogP contribution in [0.2, 0.25) is 0 Å². The Morgan fingerprint density at radius 2 is 1.20 bits per heavy atom. The van der Waals surface area contributed by atoms with Gasteiger partial charge in [-0.3, -0.25) is 14.4 Å². The van der Waals surface area contributed by atoms with Gasteiger partial charge in [0.15, 0.2) is 0 Å². The molecule has 3 aromatic carbocycles. The van der Waals surface area contributed by atoms with E-state index in [2.05, 4.69) is 0 Å². The van der Waals surface area contributed by atoms with Crippen molar-refractivity contribution in [3.63, 3.8) is 0 Å². The number of hydrogen-bond donors (Lipinski definition) is 0. The quantitative estimate of drug-likeness (QED) is 0.456. The zero-order valence-electron chi connectivity index (χ0n) is 20.0. The molecule has 0 bridgehead atoms. The molecule has 0 saturated carbocycles. The van der Waals surface area contributed by atoms with Crippen molar-refractivity contribution >= 4 is 11.8 Å². The summed E-state index contributed by atoms with van der Waals surface area (Å²) in [7, 11) is 0. The second-order valence-electron chi connectivity index (χ2n) is 9.89. The van der Waals surface area contributed by atoms with Gasteiger partial charge < -0.3 is 9.47 Å². The van der Waals surface area contributed by atoms with E-state index in [4.69, 9.17) is 14.3 Å². The van der Waals surface area contributed by atoms with Crippen LogP contribution in [0.1, 0.15) is 43.4 Å². The van der Waals surface area contributed by atoms with Crippen LogP contribution in [-0.2, 0) is 31.9 Å². The van der Waals surface area contributed by atoms with Crippen LogP contribution in [0.15, 0.2) is 78.9 Å². The van der Waals surface area contributed by atoms with Gasteiger partial charge in [0.25, 0.3) is 11.8 Å². The minimum Gasteiger partial charge on any atom is -0.492 e. The Morgan fingerprint density at radius 1 is 0.743 bits per heavy atom. The molecule has 0 spiro atoms. The third kappa shape index (κ3) is 4.54. The molecule has 0 aliphatic carbocycles. The number of para-hydroxylation sites is 2. The van der Waals surface area contributed by atoms with Crippen molar-refractivity contribution in [3.05, 3.63) is 95.6 Å². The first-order valence-electron chi connectivity index (χ1n) is 11.9. The van der Waals surface area contributed by atoms with Crippen LogP contribution in [0.3, 0.4) is 0 Å². The summed E-state index contributed by atoms with van der Waals surface area (Å²) in [5.41, 5.74) is 1.72. The molecular formula is C29H29NO5. The Kier molecular flexibility index (Phi) is 6.07. The summed E-state index contributed by atoms with van der Waals surface area (Å²) in [4.78, 5) is 33.1. The van der Waals surface area contributed by atoms with Gasteiger partial charge >= 0.3 is 0 Å². The zero-order chi connectivity index (χ0) is 24.5. The lowest BCUT2D eigenvalue weighted by Crippen LogP contribution is -2.43. The third-order valence-corrected chi connectivity index (χ3v) is 6.91. The van der Waals surface area contributed by atoms with E-state index in [-0.39, 0.29) is 31.3 Å². The Balaban J connectivity index is 1.37. The van der Waals surface area contributed by atoms with Crippen molar-refractivity contribution in [1.82, 2.24) is 5.06 Å². The highest BCUT2D eigenvalue weighted by Crippen LogP contribution is 2.43. The Morgan fingerprint density at radius 3 is 1.71 bits per heavy atom. The SMILES string of the molecule is CC1(CC(=O)N(OCc2ccccc2)C(=O)CC2(C)COc3ccccc32)COc2ccccc21. The smallest absolute Gasteiger partial charge is 0.254 e. The molecule has 2 atom stereocenters. The van der Waals surface area contributed by atoms with Crippen LogP contribution < -0.4 is 9.47 Å². The van der Waals surface area contributed by atoms with Gasteiger partial charge in [-0.05, 0) is 17.7 Å². The lowest BCUT2D eigenvalue weighted by atomic mass is 9.80. The lowest BCUT2D eigenvalue weighted by Gasteiger charge is -2.29. The van der Waals surface area contributed by atoms with Gasteiger partial charge in [-0.25, -0.2) is 0 Å². The molecule has 6 heteroatoms. The largest absolute Gasteiger partial charge is 0.492 e. The number of hydroxylamine groups is 2. The van der Waals surface area contributed by atoms with E-state index < -0.39 is 10.8 Å². The third-order valence-electron chi connectivity index (χ3n) is 6.91. The van der Waals surface area contributed by atoms with Gasteiger partial charge in [0.1, 0.15) is 18.1 Å². The van der Waals surface area contributed by atoms with E-state index in [0.29, 0.717) is 13.2 Å². The average Bonchev–Trinajstić information content (AvgIpc) is 3.37. The van der Waals surface area contributed by atoms with Crippen LogP contribution in [0.5, 0.6) is 11.5 Å². The Labute approximate surface area is 205 Å². The standard InChI is InChI=1S/C29H29NO5/c1-28(19-33-24-14-8-6-12-22(24)28)16-26(31)30(35-18-21-10-4-3-5-11-21)27(32)17-29(2)20-34-25-15-9-7-13-23(25)29/h3-15H,16-20H2,1-2H3. The molecule has 0 radical (unpaired) electrons. The number of ether oxygens (including phenoxy) is 2. The minimum atomic E-state index is -0.546. The molecule has 35 heavy (non-hydrogen) atoms. The molecule has 0 N–H and O–H groups in total. The average molecular weight is 472 g/mol. The summed E-state index contributed by atoms with van der Waals surface area (Å²) in [5, 5.41) is 0.964. The van der Waals surface area contributed by atoms with E-state index in [0.717, 1.165) is 33.3 Å². The second kappa shape index (κ2) is 9.19.